The minimum atomic E-state index is -1.10. The quantitative estimate of drug-likeness (QED) is 0.612. The number of β-amino-alcohol motifs (C(OH)–C–C–N with tert-alkyl or cyclic N) is 1. The van der Waals surface area contributed by atoms with Gasteiger partial charge in [-0.2, -0.15) is 15.4 Å². The van der Waals surface area contributed by atoms with Crippen molar-refractivity contribution in [1.82, 2.24) is 15.4 Å². The Bertz CT molecular complexity index is 607. The summed E-state index contributed by atoms with van der Waals surface area (Å²) < 4.78 is 0. The number of nitrogens with one attached hydrogen (secondary N) is 1. The Labute approximate surface area is 107 Å². The summed E-state index contributed by atoms with van der Waals surface area (Å²) in [6, 6.07) is 6.46. The van der Waals surface area contributed by atoms with Crippen molar-refractivity contribution in [3.8, 4) is 0 Å². The largest absolute Gasteiger partial charge is 0.380 e. The molecule has 8 nitrogen and oxygen atoms in total. The lowest BCUT2D eigenvalue weighted by Crippen LogP contribution is -2.60. The van der Waals surface area contributed by atoms with Crippen LogP contribution in [-0.4, -0.2) is 38.5 Å². The molecule has 1 saturated heterocycles. The molecule has 0 atom stereocenters. The van der Waals surface area contributed by atoms with Gasteiger partial charge in [0.25, 0.3) is 5.69 Å². The molecule has 1 aromatic heterocycles. The molecule has 0 saturated carbocycles. The van der Waals surface area contributed by atoms with Crippen LogP contribution in [0.4, 0.5) is 11.4 Å². The van der Waals surface area contributed by atoms with E-state index in [1.165, 1.54) is 12.3 Å². The van der Waals surface area contributed by atoms with Crippen LogP contribution < -0.4 is 4.90 Å². The van der Waals surface area contributed by atoms with Gasteiger partial charge in [-0.15, -0.1) is 0 Å². The predicted molar refractivity (Wildman–Crippen MR) is 65.6 cm³/mol. The number of anilines is 1. The number of rotatable bonds is 3. The van der Waals surface area contributed by atoms with Crippen molar-refractivity contribution < 1.29 is 10.0 Å². The average molecular weight is 261 g/mol. The van der Waals surface area contributed by atoms with Crippen molar-refractivity contribution in [3.63, 3.8) is 0 Å². The zero-order valence-corrected chi connectivity index (χ0v) is 9.85. The van der Waals surface area contributed by atoms with Crippen molar-refractivity contribution in [2.24, 2.45) is 0 Å². The molecule has 0 spiro atoms. The van der Waals surface area contributed by atoms with Crippen molar-refractivity contribution in [2.45, 2.75) is 5.60 Å². The number of hydrogen-bond acceptors (Lipinski definition) is 6. The van der Waals surface area contributed by atoms with Crippen molar-refractivity contribution >= 4 is 11.4 Å². The second-order valence-corrected chi connectivity index (χ2v) is 4.49. The van der Waals surface area contributed by atoms with E-state index < -0.39 is 10.5 Å². The molecule has 0 bridgehead atoms. The Hall–Kier alpha value is -2.48. The summed E-state index contributed by atoms with van der Waals surface area (Å²) in [5, 5.41) is 31.2. The molecular weight excluding hydrogens is 250 g/mol. The summed E-state index contributed by atoms with van der Waals surface area (Å²) in [5.74, 6) is 0. The molecule has 8 heteroatoms. The molecule has 98 valence electrons. The molecular formula is C11H11N5O3. The molecule has 0 radical (unpaired) electrons. The van der Waals surface area contributed by atoms with Crippen LogP contribution >= 0.6 is 0 Å². The van der Waals surface area contributed by atoms with Crippen molar-refractivity contribution in [1.29, 1.82) is 0 Å². The Balaban J connectivity index is 1.83. The van der Waals surface area contributed by atoms with E-state index in [-0.39, 0.29) is 18.8 Å². The minimum absolute atomic E-state index is 0.0321. The summed E-state index contributed by atoms with van der Waals surface area (Å²) in [6.45, 7) is 0.509. The summed E-state index contributed by atoms with van der Waals surface area (Å²) >= 11 is 0. The van der Waals surface area contributed by atoms with Gasteiger partial charge < -0.3 is 10.0 Å². The maximum absolute atomic E-state index is 10.9. The number of H-pyrrole nitrogens is 1. The number of nitro groups is 1. The van der Waals surface area contributed by atoms with Gasteiger partial charge >= 0.3 is 0 Å². The van der Waals surface area contributed by atoms with E-state index in [2.05, 4.69) is 15.4 Å². The molecule has 1 fully saturated rings. The fourth-order valence-electron chi connectivity index (χ4n) is 2.23. The van der Waals surface area contributed by atoms with Crippen LogP contribution in [0.1, 0.15) is 5.69 Å². The Kier molecular flexibility index (Phi) is 2.46. The summed E-state index contributed by atoms with van der Waals surface area (Å²) in [6.07, 6.45) is 1.46. The molecule has 19 heavy (non-hydrogen) atoms. The zero-order chi connectivity index (χ0) is 13.5. The van der Waals surface area contributed by atoms with E-state index >= 15 is 0 Å². The topological polar surface area (TPSA) is 108 Å². The third-order valence-electron chi connectivity index (χ3n) is 3.22. The number of aliphatic hydroxyl groups is 1. The maximum atomic E-state index is 10.9. The minimum Gasteiger partial charge on any atom is -0.380 e. The molecule has 1 aliphatic rings. The van der Waals surface area contributed by atoms with E-state index in [0.717, 1.165) is 0 Å². The highest BCUT2D eigenvalue weighted by molar-refractivity contribution is 5.65. The van der Waals surface area contributed by atoms with Gasteiger partial charge in [-0.25, -0.2) is 0 Å². The second kappa shape index (κ2) is 4.02. The number of nitro benzene ring substituents is 1. The Morgan fingerprint density at radius 3 is 2.79 bits per heavy atom. The number of aromatic nitrogens is 3. The van der Waals surface area contributed by atoms with Gasteiger partial charge in [-0.1, -0.05) is 12.1 Å². The first-order chi connectivity index (χ1) is 9.10. The predicted octanol–water partition coefficient (Wildman–Crippen LogP) is 0.421. The molecule has 3 rings (SSSR count). The number of hydrogen-bond donors (Lipinski definition) is 2. The first-order valence-corrected chi connectivity index (χ1v) is 5.67. The third-order valence-corrected chi connectivity index (χ3v) is 3.22. The monoisotopic (exact) mass is 261 g/mol. The molecule has 0 amide bonds. The van der Waals surface area contributed by atoms with Gasteiger partial charge in [-0.3, -0.25) is 10.1 Å². The number of nitrogens with zero attached hydrogens (tertiary/aromatic N) is 4. The van der Waals surface area contributed by atoms with E-state index in [9.17, 15) is 15.2 Å². The SMILES string of the molecule is O=[N+]([O-])c1ccccc1N1CC(O)(c2cn[nH]n2)C1. The molecule has 0 aliphatic carbocycles. The first-order valence-electron chi connectivity index (χ1n) is 5.67. The number of aromatic amines is 1. The van der Waals surface area contributed by atoms with E-state index in [4.69, 9.17) is 0 Å². The molecule has 2 aromatic rings. The first kappa shape index (κ1) is 11.6. The second-order valence-electron chi connectivity index (χ2n) is 4.49. The van der Waals surface area contributed by atoms with Crippen LogP contribution in [0.15, 0.2) is 30.5 Å². The average Bonchev–Trinajstić information content (AvgIpc) is 2.89. The fourth-order valence-corrected chi connectivity index (χ4v) is 2.23. The molecule has 1 aliphatic heterocycles. The highest BCUT2D eigenvalue weighted by Gasteiger charge is 2.46. The maximum Gasteiger partial charge on any atom is 0.292 e. The van der Waals surface area contributed by atoms with Crippen molar-refractivity contribution in [2.75, 3.05) is 18.0 Å². The highest BCUT2D eigenvalue weighted by atomic mass is 16.6. The van der Waals surface area contributed by atoms with Gasteiger partial charge in [-0.05, 0) is 6.07 Å². The van der Waals surface area contributed by atoms with Crippen LogP contribution in [-0.2, 0) is 5.60 Å². The van der Waals surface area contributed by atoms with Crippen LogP contribution in [0.2, 0.25) is 0 Å². The lowest BCUT2D eigenvalue weighted by Gasteiger charge is -2.46. The summed E-state index contributed by atoms with van der Waals surface area (Å²) in [4.78, 5) is 12.3. The standard InChI is InChI=1S/C11H11N5O3/c17-11(10-5-12-14-13-10)6-15(7-11)8-3-1-2-4-9(8)16(18)19/h1-5,17H,6-7H2,(H,12,13,14). The van der Waals surface area contributed by atoms with Crippen LogP contribution in [0.3, 0.4) is 0 Å². The zero-order valence-electron chi connectivity index (χ0n) is 9.85. The third kappa shape index (κ3) is 1.82. The van der Waals surface area contributed by atoms with Gasteiger partial charge in [0.15, 0.2) is 0 Å². The molecule has 2 heterocycles. The Morgan fingerprint density at radius 2 is 2.16 bits per heavy atom. The summed E-state index contributed by atoms with van der Waals surface area (Å²) in [7, 11) is 0. The number of benzene rings is 1. The lowest BCUT2D eigenvalue weighted by atomic mass is 9.90. The van der Waals surface area contributed by atoms with Gasteiger partial charge in [0.2, 0.25) is 0 Å². The summed E-state index contributed by atoms with van der Waals surface area (Å²) in [5.41, 5.74) is -0.121. The Morgan fingerprint density at radius 1 is 1.42 bits per heavy atom. The van der Waals surface area contributed by atoms with Crippen molar-refractivity contribution in [3.05, 3.63) is 46.3 Å². The van der Waals surface area contributed by atoms with Crippen LogP contribution in [0.5, 0.6) is 0 Å². The smallest absolute Gasteiger partial charge is 0.292 e. The molecule has 2 N–H and O–H groups in total. The fraction of sp³-hybridized carbons (Fsp3) is 0.273. The van der Waals surface area contributed by atoms with E-state index in [0.29, 0.717) is 11.4 Å². The van der Waals surface area contributed by atoms with Gasteiger partial charge in [0.1, 0.15) is 17.0 Å². The van der Waals surface area contributed by atoms with Crippen LogP contribution in [0, 0.1) is 10.1 Å². The van der Waals surface area contributed by atoms with E-state index in [1.54, 1.807) is 23.1 Å². The normalized spacial score (nSPS) is 17.0. The lowest BCUT2D eigenvalue weighted by molar-refractivity contribution is -0.384. The number of para-hydroxylation sites is 2. The van der Waals surface area contributed by atoms with Crippen LogP contribution in [0.25, 0.3) is 0 Å². The highest BCUT2D eigenvalue weighted by Crippen LogP contribution is 2.38. The van der Waals surface area contributed by atoms with Gasteiger partial charge in [0.05, 0.1) is 24.2 Å². The molecule has 1 aromatic carbocycles. The van der Waals surface area contributed by atoms with E-state index in [1.807, 2.05) is 0 Å². The van der Waals surface area contributed by atoms with Gasteiger partial charge in [0, 0.05) is 6.07 Å². The molecule has 0 unspecified atom stereocenters.